The van der Waals surface area contributed by atoms with E-state index in [1.165, 1.54) is 0 Å². The van der Waals surface area contributed by atoms with Gasteiger partial charge in [-0.3, -0.25) is 4.79 Å². The van der Waals surface area contributed by atoms with Crippen molar-refractivity contribution in [2.75, 3.05) is 0 Å². The fraction of sp³-hybridized carbons (Fsp3) is 0.375. The Balaban J connectivity index is 1.47. The molecule has 2 aliphatic rings. The third-order valence-corrected chi connectivity index (χ3v) is 6.62. The van der Waals surface area contributed by atoms with Crippen LogP contribution in [0.2, 0.25) is 0 Å². The van der Waals surface area contributed by atoms with Gasteiger partial charge in [0.15, 0.2) is 0 Å². The van der Waals surface area contributed by atoms with Crippen LogP contribution in [0.1, 0.15) is 25.0 Å². The maximum Gasteiger partial charge on any atom is 0.426 e. The Hall–Kier alpha value is -2.27. The summed E-state index contributed by atoms with van der Waals surface area (Å²) in [5.74, 6) is -1.65. The maximum absolute atomic E-state index is 12.8. The first-order chi connectivity index (χ1) is 14.1. The van der Waals surface area contributed by atoms with Gasteiger partial charge in [-0.25, -0.2) is 0 Å². The highest BCUT2D eigenvalue weighted by Gasteiger charge is 2.62. The number of hydrogen-bond acceptors (Lipinski definition) is 2. The molecule has 0 saturated heterocycles. The van der Waals surface area contributed by atoms with Gasteiger partial charge in [0.2, 0.25) is 0 Å². The van der Waals surface area contributed by atoms with Crippen LogP contribution in [0.3, 0.4) is 0 Å². The highest BCUT2D eigenvalue weighted by atomic mass is 35.5. The van der Waals surface area contributed by atoms with Gasteiger partial charge in [-0.2, -0.15) is 13.2 Å². The molecule has 3 atom stereocenters. The number of carbonyl (C=O) groups is 1. The number of esters is 1. The molecule has 30 heavy (non-hydrogen) atoms. The van der Waals surface area contributed by atoms with E-state index < -0.39 is 34.4 Å². The zero-order valence-corrected chi connectivity index (χ0v) is 17.4. The average Bonchev–Trinajstić information content (AvgIpc) is 3.01. The van der Waals surface area contributed by atoms with Gasteiger partial charge in [0.25, 0.3) is 0 Å². The molecule has 2 aromatic rings. The second-order valence-electron chi connectivity index (χ2n) is 8.61. The summed E-state index contributed by atoms with van der Waals surface area (Å²) in [5, 5.41) is -1.18. The number of carbonyl (C=O) groups excluding carboxylic acids is 1. The first-order valence-corrected chi connectivity index (χ1v) is 10.3. The van der Waals surface area contributed by atoms with Crippen molar-refractivity contribution in [2.24, 2.45) is 17.3 Å². The number of benzene rings is 2. The van der Waals surface area contributed by atoms with E-state index in [0.29, 0.717) is 12.8 Å². The molecular formula is C24H22ClF3O2. The standard InChI is InChI=1S/C24H22ClF3O2/c1-23(2)19(13-20(25)24(26,27)28)21(23)22(29)30-16-11-15-9-6-10-17(18(15)12-16)14-7-4-3-5-8-14/h3-10,13,16,19,21H,11-12H2,1-2H3/b20-13-/t16-,19?,21-/m0/s1. The highest BCUT2D eigenvalue weighted by Crippen LogP contribution is 2.60. The van der Waals surface area contributed by atoms with Gasteiger partial charge in [0.1, 0.15) is 11.1 Å². The summed E-state index contributed by atoms with van der Waals surface area (Å²) < 4.78 is 44.0. The molecule has 1 unspecified atom stereocenters. The number of ether oxygens (including phenoxy) is 1. The van der Waals surface area contributed by atoms with Crippen molar-refractivity contribution in [3.8, 4) is 11.1 Å². The van der Waals surface area contributed by atoms with E-state index in [0.717, 1.165) is 28.3 Å². The van der Waals surface area contributed by atoms with E-state index in [4.69, 9.17) is 16.3 Å². The minimum atomic E-state index is -4.60. The van der Waals surface area contributed by atoms with E-state index in [-0.39, 0.29) is 6.10 Å². The normalized spacial score (nSPS) is 25.0. The molecular weight excluding hydrogens is 413 g/mol. The average molecular weight is 435 g/mol. The van der Waals surface area contributed by atoms with Crippen molar-refractivity contribution >= 4 is 17.6 Å². The Bertz CT molecular complexity index is 995. The molecule has 0 bridgehead atoms. The molecule has 0 aromatic heterocycles. The lowest BCUT2D eigenvalue weighted by atomic mass is 9.97. The molecule has 0 N–H and O–H groups in total. The van der Waals surface area contributed by atoms with Gasteiger partial charge < -0.3 is 4.74 Å². The lowest BCUT2D eigenvalue weighted by Crippen LogP contribution is -2.21. The first-order valence-electron chi connectivity index (χ1n) is 9.90. The quantitative estimate of drug-likeness (QED) is 0.526. The molecule has 2 nitrogen and oxygen atoms in total. The summed E-state index contributed by atoms with van der Waals surface area (Å²) in [7, 11) is 0. The van der Waals surface area contributed by atoms with Gasteiger partial charge in [-0.15, -0.1) is 0 Å². The van der Waals surface area contributed by atoms with Gasteiger partial charge in [0, 0.05) is 12.8 Å². The molecule has 6 heteroatoms. The molecule has 2 aliphatic carbocycles. The fourth-order valence-corrected chi connectivity index (χ4v) is 4.65. The van der Waals surface area contributed by atoms with Crippen molar-refractivity contribution in [1.29, 1.82) is 0 Å². The SMILES string of the molecule is CC1(C)C(/C=C(\Cl)C(F)(F)F)[C@H]1C(=O)O[C@H]1Cc2cccc(-c3ccccc3)c2C1. The molecule has 0 heterocycles. The lowest BCUT2D eigenvalue weighted by Gasteiger charge is -2.12. The molecule has 0 aliphatic heterocycles. The van der Waals surface area contributed by atoms with E-state index in [2.05, 4.69) is 6.07 Å². The largest absolute Gasteiger partial charge is 0.461 e. The molecule has 2 aromatic carbocycles. The smallest absolute Gasteiger partial charge is 0.426 e. The summed E-state index contributed by atoms with van der Waals surface area (Å²) in [6.45, 7) is 3.52. The minimum absolute atomic E-state index is 0.309. The van der Waals surface area contributed by atoms with Crippen molar-refractivity contribution in [2.45, 2.75) is 39.0 Å². The predicted octanol–water partition coefficient (Wildman–Crippen LogP) is 6.32. The second-order valence-corrected chi connectivity index (χ2v) is 9.02. The Morgan fingerprint density at radius 3 is 2.47 bits per heavy atom. The lowest BCUT2D eigenvalue weighted by molar-refractivity contribution is -0.151. The van der Waals surface area contributed by atoms with Gasteiger partial charge >= 0.3 is 12.1 Å². The summed E-state index contributed by atoms with van der Waals surface area (Å²) >= 11 is 5.38. The molecule has 1 saturated carbocycles. The second kappa shape index (κ2) is 7.45. The monoisotopic (exact) mass is 434 g/mol. The summed E-state index contributed by atoms with van der Waals surface area (Å²) in [5.41, 5.74) is 3.92. The summed E-state index contributed by atoms with van der Waals surface area (Å²) in [4.78, 5) is 12.7. The van der Waals surface area contributed by atoms with Crippen LogP contribution in [0.15, 0.2) is 59.6 Å². The maximum atomic E-state index is 12.8. The Kier molecular flexibility index (Phi) is 5.21. The topological polar surface area (TPSA) is 26.3 Å². The summed E-state index contributed by atoms with van der Waals surface area (Å²) in [6.07, 6.45) is -2.75. The molecule has 4 rings (SSSR count). The van der Waals surface area contributed by atoms with Crippen LogP contribution in [0.25, 0.3) is 11.1 Å². The van der Waals surface area contributed by atoms with Gasteiger partial charge in [-0.05, 0) is 33.6 Å². The van der Waals surface area contributed by atoms with Crippen LogP contribution >= 0.6 is 11.6 Å². The van der Waals surface area contributed by atoms with E-state index in [1.54, 1.807) is 13.8 Å². The van der Waals surface area contributed by atoms with Crippen LogP contribution < -0.4 is 0 Å². The minimum Gasteiger partial charge on any atom is -0.461 e. The Morgan fingerprint density at radius 1 is 1.10 bits per heavy atom. The molecule has 0 spiro atoms. The predicted molar refractivity (Wildman–Crippen MR) is 110 cm³/mol. The number of rotatable bonds is 4. The number of allylic oxidation sites excluding steroid dienone is 2. The van der Waals surface area contributed by atoms with Crippen molar-refractivity contribution < 1.29 is 22.7 Å². The zero-order chi connectivity index (χ0) is 21.7. The van der Waals surface area contributed by atoms with E-state index >= 15 is 0 Å². The van der Waals surface area contributed by atoms with Crippen molar-refractivity contribution in [3.63, 3.8) is 0 Å². The van der Waals surface area contributed by atoms with Gasteiger partial charge in [-0.1, -0.05) is 80.1 Å². The number of halogens is 4. The van der Waals surface area contributed by atoms with Crippen LogP contribution in [0.4, 0.5) is 13.2 Å². The van der Waals surface area contributed by atoms with Crippen molar-refractivity contribution in [3.05, 3.63) is 70.8 Å². The third-order valence-electron chi connectivity index (χ3n) is 6.28. The summed E-state index contributed by atoms with van der Waals surface area (Å²) in [6, 6.07) is 16.1. The molecule has 1 fully saturated rings. The van der Waals surface area contributed by atoms with Crippen LogP contribution in [-0.4, -0.2) is 18.2 Å². The van der Waals surface area contributed by atoms with E-state index in [9.17, 15) is 18.0 Å². The number of fused-ring (bicyclic) bond motifs is 1. The van der Waals surface area contributed by atoms with Gasteiger partial charge in [0.05, 0.1) is 5.92 Å². The van der Waals surface area contributed by atoms with Crippen LogP contribution in [0.5, 0.6) is 0 Å². The number of hydrogen-bond donors (Lipinski definition) is 0. The zero-order valence-electron chi connectivity index (χ0n) is 16.7. The Morgan fingerprint density at radius 2 is 1.80 bits per heavy atom. The molecule has 0 radical (unpaired) electrons. The van der Waals surface area contributed by atoms with E-state index in [1.807, 2.05) is 42.5 Å². The molecule has 0 amide bonds. The van der Waals surface area contributed by atoms with Crippen LogP contribution in [-0.2, 0) is 22.4 Å². The first kappa shape index (κ1) is 21.0. The van der Waals surface area contributed by atoms with Crippen LogP contribution in [0, 0.1) is 17.3 Å². The molecule has 158 valence electrons. The third kappa shape index (κ3) is 3.87. The number of alkyl halides is 3. The highest BCUT2D eigenvalue weighted by molar-refractivity contribution is 6.30. The Labute approximate surface area is 178 Å². The fourth-order valence-electron chi connectivity index (χ4n) is 4.51. The van der Waals surface area contributed by atoms with Crippen molar-refractivity contribution in [1.82, 2.24) is 0 Å².